The average Bonchev–Trinajstić information content (AvgIpc) is 2.63. The van der Waals surface area contributed by atoms with E-state index in [1.165, 1.54) is 0 Å². The van der Waals surface area contributed by atoms with Crippen molar-refractivity contribution in [2.45, 2.75) is 19.8 Å². The maximum absolute atomic E-state index is 12.4. The molecule has 1 saturated heterocycles. The molecule has 26 heavy (non-hydrogen) atoms. The molecule has 6 heteroatoms. The fraction of sp³-hybridized carbons (Fsp3) is 0.300. The second-order valence-corrected chi connectivity index (χ2v) is 7.05. The molecule has 0 saturated carbocycles. The highest BCUT2D eigenvalue weighted by Gasteiger charge is 2.20. The van der Waals surface area contributed by atoms with Crippen LogP contribution in [-0.4, -0.2) is 30.1 Å². The van der Waals surface area contributed by atoms with Gasteiger partial charge in [0.25, 0.3) is 5.91 Å². The molecule has 1 aliphatic heterocycles. The number of nitrogens with zero attached hydrogens (tertiary/aromatic N) is 1. The molecule has 1 heterocycles. The van der Waals surface area contributed by atoms with Gasteiger partial charge in [0.2, 0.25) is 0 Å². The zero-order chi connectivity index (χ0) is 18.7. The maximum Gasteiger partial charge on any atom is 0.337 e. The molecule has 0 aromatic heterocycles. The number of amides is 1. The van der Waals surface area contributed by atoms with Gasteiger partial charge >= 0.3 is 5.97 Å². The van der Waals surface area contributed by atoms with Gasteiger partial charge in [-0.1, -0.05) is 30.7 Å². The maximum atomic E-state index is 12.4. The normalized spacial score (nSPS) is 14.9. The van der Waals surface area contributed by atoms with Crippen molar-refractivity contribution in [1.82, 2.24) is 0 Å². The van der Waals surface area contributed by atoms with E-state index in [1.54, 1.807) is 36.4 Å². The number of carboxylic acids is 1. The highest BCUT2D eigenvalue weighted by atomic mass is 35.5. The molecule has 0 aliphatic carbocycles. The number of halogens is 1. The Kier molecular flexibility index (Phi) is 5.47. The first kappa shape index (κ1) is 18.3. The van der Waals surface area contributed by atoms with E-state index >= 15 is 0 Å². The molecular formula is C20H21ClN2O3. The van der Waals surface area contributed by atoms with E-state index in [9.17, 15) is 14.7 Å². The zero-order valence-electron chi connectivity index (χ0n) is 14.5. The summed E-state index contributed by atoms with van der Waals surface area (Å²) in [7, 11) is 0. The Morgan fingerprint density at radius 3 is 2.46 bits per heavy atom. The molecule has 2 aromatic rings. The van der Waals surface area contributed by atoms with Crippen molar-refractivity contribution >= 4 is 34.9 Å². The summed E-state index contributed by atoms with van der Waals surface area (Å²) in [4.78, 5) is 26.3. The second kappa shape index (κ2) is 7.79. The molecule has 0 bridgehead atoms. The van der Waals surface area contributed by atoms with Crippen LogP contribution < -0.4 is 10.2 Å². The monoisotopic (exact) mass is 372 g/mol. The fourth-order valence-corrected chi connectivity index (χ4v) is 3.34. The van der Waals surface area contributed by atoms with Crippen molar-refractivity contribution in [1.29, 1.82) is 0 Å². The highest BCUT2D eigenvalue weighted by Crippen LogP contribution is 2.28. The first-order valence-corrected chi connectivity index (χ1v) is 9.01. The van der Waals surface area contributed by atoms with Crippen molar-refractivity contribution in [2.24, 2.45) is 5.92 Å². The summed E-state index contributed by atoms with van der Waals surface area (Å²) >= 11 is 6.04. The Morgan fingerprint density at radius 2 is 1.81 bits per heavy atom. The fourth-order valence-electron chi connectivity index (χ4n) is 3.12. The summed E-state index contributed by atoms with van der Waals surface area (Å²) in [5, 5.41) is 12.6. The Bertz CT molecular complexity index is 830. The third-order valence-electron chi connectivity index (χ3n) is 4.75. The molecular weight excluding hydrogens is 352 g/mol. The van der Waals surface area contributed by atoms with Crippen LogP contribution in [-0.2, 0) is 0 Å². The van der Waals surface area contributed by atoms with Gasteiger partial charge in [0.05, 0.1) is 21.8 Å². The smallest absolute Gasteiger partial charge is 0.337 e. The lowest BCUT2D eigenvalue weighted by Crippen LogP contribution is -2.32. The van der Waals surface area contributed by atoms with E-state index in [1.807, 2.05) is 6.07 Å². The lowest BCUT2D eigenvalue weighted by molar-refractivity contribution is 0.0698. The Morgan fingerprint density at radius 1 is 1.12 bits per heavy atom. The van der Waals surface area contributed by atoms with Crippen molar-refractivity contribution in [2.75, 3.05) is 23.3 Å². The zero-order valence-corrected chi connectivity index (χ0v) is 15.3. The minimum atomic E-state index is -1.08. The summed E-state index contributed by atoms with van der Waals surface area (Å²) in [5.41, 5.74) is 1.50. The highest BCUT2D eigenvalue weighted by molar-refractivity contribution is 6.34. The van der Waals surface area contributed by atoms with E-state index in [4.69, 9.17) is 11.6 Å². The summed E-state index contributed by atoms with van der Waals surface area (Å²) in [6, 6.07) is 11.8. The second-order valence-electron chi connectivity index (χ2n) is 6.64. The SMILES string of the molecule is CC1CCN(c2ccc(NC(=O)c3ccccc3Cl)c(C(=O)O)c2)CC1. The molecule has 1 amide bonds. The lowest BCUT2D eigenvalue weighted by Gasteiger charge is -2.32. The minimum Gasteiger partial charge on any atom is -0.478 e. The molecule has 2 N–H and O–H groups in total. The first-order chi connectivity index (χ1) is 12.5. The molecule has 0 spiro atoms. The molecule has 3 rings (SSSR count). The standard InChI is InChI=1S/C20H21ClN2O3/c1-13-8-10-23(11-9-13)14-6-7-18(16(12-14)20(25)26)22-19(24)15-4-2-3-5-17(15)21/h2-7,12-13H,8-11H2,1H3,(H,22,24)(H,25,26). The van der Waals surface area contributed by atoms with Crippen molar-refractivity contribution < 1.29 is 14.7 Å². The number of carbonyl (C=O) groups excluding carboxylic acids is 1. The largest absolute Gasteiger partial charge is 0.478 e. The number of benzene rings is 2. The predicted octanol–water partition coefficient (Wildman–Crippen LogP) is 4.53. The van der Waals surface area contributed by atoms with E-state index in [-0.39, 0.29) is 11.3 Å². The number of carbonyl (C=O) groups is 2. The van der Waals surface area contributed by atoms with Gasteiger partial charge in [-0.05, 0) is 49.1 Å². The summed E-state index contributed by atoms with van der Waals surface area (Å²) in [6.07, 6.45) is 2.18. The molecule has 1 fully saturated rings. The molecule has 0 radical (unpaired) electrons. The number of anilines is 2. The van der Waals surface area contributed by atoms with Crippen LogP contribution in [0.2, 0.25) is 5.02 Å². The molecule has 5 nitrogen and oxygen atoms in total. The van der Waals surface area contributed by atoms with Crippen molar-refractivity contribution in [3.05, 3.63) is 58.6 Å². The van der Waals surface area contributed by atoms with Crippen molar-refractivity contribution in [3.8, 4) is 0 Å². The quantitative estimate of drug-likeness (QED) is 0.827. The third-order valence-corrected chi connectivity index (χ3v) is 5.08. The molecule has 136 valence electrons. The molecule has 1 aliphatic rings. The average molecular weight is 373 g/mol. The topological polar surface area (TPSA) is 69.6 Å². The van der Waals surface area contributed by atoms with Crippen LogP contribution in [0.1, 0.15) is 40.5 Å². The Balaban J connectivity index is 1.84. The van der Waals surface area contributed by atoms with Crippen molar-refractivity contribution in [3.63, 3.8) is 0 Å². The lowest BCUT2D eigenvalue weighted by atomic mass is 9.98. The van der Waals surface area contributed by atoms with Gasteiger partial charge in [-0.2, -0.15) is 0 Å². The molecule has 2 aromatic carbocycles. The van der Waals surface area contributed by atoms with Crippen LogP contribution >= 0.6 is 11.6 Å². The van der Waals surface area contributed by atoms with Crippen LogP contribution in [0.25, 0.3) is 0 Å². The number of aromatic carboxylic acids is 1. The predicted molar refractivity (Wildman–Crippen MR) is 103 cm³/mol. The minimum absolute atomic E-state index is 0.0709. The number of nitrogens with one attached hydrogen (secondary N) is 1. The number of hydrogen-bond acceptors (Lipinski definition) is 3. The van der Waals surface area contributed by atoms with E-state index in [0.717, 1.165) is 31.6 Å². The van der Waals surface area contributed by atoms with Gasteiger partial charge in [-0.25, -0.2) is 4.79 Å². The third kappa shape index (κ3) is 3.99. The molecule has 0 atom stereocenters. The molecule has 0 unspecified atom stereocenters. The summed E-state index contributed by atoms with van der Waals surface area (Å²) in [6.45, 7) is 4.05. The number of hydrogen-bond donors (Lipinski definition) is 2. The summed E-state index contributed by atoms with van der Waals surface area (Å²) in [5.74, 6) is -0.816. The number of piperidine rings is 1. The van der Waals surface area contributed by atoms with Crippen LogP contribution in [0.5, 0.6) is 0 Å². The Labute approximate surface area is 157 Å². The Hall–Kier alpha value is -2.53. The van der Waals surface area contributed by atoms with Gasteiger partial charge in [0.15, 0.2) is 0 Å². The summed E-state index contributed by atoms with van der Waals surface area (Å²) < 4.78 is 0. The van der Waals surface area contributed by atoms with E-state index in [0.29, 0.717) is 16.5 Å². The van der Waals surface area contributed by atoms with Crippen LogP contribution in [0, 0.1) is 5.92 Å². The van der Waals surface area contributed by atoms with Crippen LogP contribution in [0.3, 0.4) is 0 Å². The van der Waals surface area contributed by atoms with Gasteiger partial charge in [0, 0.05) is 18.8 Å². The van der Waals surface area contributed by atoms with Gasteiger partial charge in [0.1, 0.15) is 0 Å². The number of rotatable bonds is 4. The first-order valence-electron chi connectivity index (χ1n) is 8.64. The van der Waals surface area contributed by atoms with Crippen LogP contribution in [0.15, 0.2) is 42.5 Å². The van der Waals surface area contributed by atoms with E-state index in [2.05, 4.69) is 17.1 Å². The van der Waals surface area contributed by atoms with Gasteiger partial charge in [-0.15, -0.1) is 0 Å². The van der Waals surface area contributed by atoms with Crippen LogP contribution in [0.4, 0.5) is 11.4 Å². The van der Waals surface area contributed by atoms with Gasteiger partial charge < -0.3 is 15.3 Å². The van der Waals surface area contributed by atoms with E-state index < -0.39 is 11.9 Å². The number of carboxylic acid groups (broad SMARTS) is 1. The van der Waals surface area contributed by atoms with Gasteiger partial charge in [-0.3, -0.25) is 4.79 Å².